The first-order valence-electron chi connectivity index (χ1n) is 11.0. The molecule has 0 spiro atoms. The van der Waals surface area contributed by atoms with Gasteiger partial charge in [-0.3, -0.25) is 4.79 Å². The van der Waals surface area contributed by atoms with Crippen LogP contribution in [-0.4, -0.2) is 35.0 Å². The SMILES string of the molecule is O=C(O)Cc1ccc(OC(F)(F)F)c(-c2ccc(F)c3c2CN(C(=O)OCc2ccccc2)CC3)c1. The summed E-state index contributed by atoms with van der Waals surface area (Å²) in [5, 5.41) is 9.12. The van der Waals surface area contributed by atoms with Gasteiger partial charge < -0.3 is 19.5 Å². The van der Waals surface area contributed by atoms with Crippen LogP contribution in [0.2, 0.25) is 0 Å². The number of nitrogens with zero attached hydrogens (tertiary/aromatic N) is 1. The summed E-state index contributed by atoms with van der Waals surface area (Å²) in [5.41, 5.74) is 1.73. The Labute approximate surface area is 203 Å². The molecule has 3 aromatic carbocycles. The number of carbonyl (C=O) groups excluding carboxylic acids is 1. The van der Waals surface area contributed by atoms with E-state index in [1.54, 1.807) is 24.3 Å². The van der Waals surface area contributed by atoms with Crippen molar-refractivity contribution in [3.8, 4) is 16.9 Å². The number of hydrogen-bond donors (Lipinski definition) is 1. The van der Waals surface area contributed by atoms with Crippen molar-refractivity contribution >= 4 is 12.1 Å². The van der Waals surface area contributed by atoms with Crippen LogP contribution < -0.4 is 4.74 Å². The van der Waals surface area contributed by atoms with Crippen LogP contribution in [0, 0.1) is 5.82 Å². The first kappa shape index (κ1) is 25.0. The zero-order valence-corrected chi connectivity index (χ0v) is 18.8. The van der Waals surface area contributed by atoms with Crippen LogP contribution in [0.15, 0.2) is 60.7 Å². The molecule has 1 aliphatic rings. The highest BCUT2D eigenvalue weighted by molar-refractivity contribution is 5.78. The van der Waals surface area contributed by atoms with Crippen molar-refractivity contribution in [1.82, 2.24) is 4.90 Å². The van der Waals surface area contributed by atoms with Crippen molar-refractivity contribution in [3.05, 3.63) is 88.7 Å². The maximum absolute atomic E-state index is 14.7. The van der Waals surface area contributed by atoms with Crippen LogP contribution in [0.1, 0.15) is 22.3 Å². The maximum atomic E-state index is 14.7. The standard InChI is InChI=1S/C26H21F4NO5/c27-22-8-7-18(20-12-17(13-24(32)33)6-9-23(20)36-26(28,29)30)21-14-31(11-10-19(21)22)25(34)35-15-16-4-2-1-3-5-16/h1-9,12H,10-11,13-15H2,(H,32,33). The van der Waals surface area contributed by atoms with E-state index in [-0.39, 0.29) is 48.4 Å². The Morgan fingerprint density at radius 2 is 1.69 bits per heavy atom. The lowest BCUT2D eigenvalue weighted by molar-refractivity contribution is -0.274. The molecule has 0 radical (unpaired) electrons. The van der Waals surface area contributed by atoms with Gasteiger partial charge in [0.1, 0.15) is 18.2 Å². The molecule has 0 fully saturated rings. The normalized spacial score (nSPS) is 13.2. The minimum absolute atomic E-state index is 0.0276. The lowest BCUT2D eigenvalue weighted by Gasteiger charge is -2.30. The number of halogens is 4. The number of ether oxygens (including phenoxy) is 2. The average Bonchev–Trinajstić information content (AvgIpc) is 2.83. The number of aliphatic carboxylic acids is 1. The minimum atomic E-state index is -5.00. The maximum Gasteiger partial charge on any atom is 0.573 e. The zero-order valence-electron chi connectivity index (χ0n) is 18.8. The van der Waals surface area contributed by atoms with Crippen molar-refractivity contribution in [3.63, 3.8) is 0 Å². The van der Waals surface area contributed by atoms with Crippen molar-refractivity contribution in [2.45, 2.75) is 32.4 Å². The summed E-state index contributed by atoms with van der Waals surface area (Å²) in [6.45, 7) is 0.0798. The first-order valence-corrected chi connectivity index (χ1v) is 11.0. The summed E-state index contributed by atoms with van der Waals surface area (Å²) in [7, 11) is 0. The highest BCUT2D eigenvalue weighted by Crippen LogP contribution is 2.39. The van der Waals surface area contributed by atoms with Crippen molar-refractivity contribution < 1.29 is 41.7 Å². The third kappa shape index (κ3) is 5.94. The third-order valence-corrected chi connectivity index (χ3v) is 5.73. The number of benzene rings is 3. The average molecular weight is 503 g/mol. The second kappa shape index (κ2) is 10.3. The minimum Gasteiger partial charge on any atom is -0.481 e. The van der Waals surface area contributed by atoms with E-state index in [1.165, 1.54) is 23.1 Å². The number of amides is 1. The van der Waals surface area contributed by atoms with E-state index in [1.807, 2.05) is 6.07 Å². The van der Waals surface area contributed by atoms with Gasteiger partial charge in [-0.15, -0.1) is 13.2 Å². The molecule has 4 rings (SSSR count). The molecule has 1 amide bonds. The van der Waals surface area contributed by atoms with E-state index in [0.717, 1.165) is 17.7 Å². The van der Waals surface area contributed by atoms with Gasteiger partial charge >= 0.3 is 18.4 Å². The predicted molar refractivity (Wildman–Crippen MR) is 121 cm³/mol. The number of rotatable bonds is 6. The highest BCUT2D eigenvalue weighted by atomic mass is 19.4. The summed E-state index contributed by atoms with van der Waals surface area (Å²) in [5.74, 6) is -2.28. The number of hydrogen-bond acceptors (Lipinski definition) is 4. The fourth-order valence-electron chi connectivity index (χ4n) is 4.14. The number of alkyl halides is 3. The number of fused-ring (bicyclic) bond motifs is 1. The van der Waals surface area contributed by atoms with Gasteiger partial charge in [-0.25, -0.2) is 9.18 Å². The lowest BCUT2D eigenvalue weighted by Crippen LogP contribution is -2.37. The van der Waals surface area contributed by atoms with E-state index in [2.05, 4.69) is 4.74 Å². The second-order valence-corrected chi connectivity index (χ2v) is 8.21. The molecule has 1 N–H and O–H groups in total. The summed E-state index contributed by atoms with van der Waals surface area (Å²) in [6, 6.07) is 15.0. The molecule has 0 atom stereocenters. The first-order chi connectivity index (χ1) is 17.1. The van der Waals surface area contributed by atoms with Crippen LogP contribution in [0.25, 0.3) is 11.1 Å². The van der Waals surface area contributed by atoms with E-state index >= 15 is 0 Å². The zero-order chi connectivity index (χ0) is 25.9. The van der Waals surface area contributed by atoms with Crippen LogP contribution in [0.3, 0.4) is 0 Å². The smallest absolute Gasteiger partial charge is 0.481 e. The largest absolute Gasteiger partial charge is 0.573 e. The van der Waals surface area contributed by atoms with Crippen LogP contribution >= 0.6 is 0 Å². The Bertz CT molecular complexity index is 1280. The van der Waals surface area contributed by atoms with Gasteiger partial charge in [0.15, 0.2) is 0 Å². The molecule has 0 saturated heterocycles. The molecule has 1 aliphatic heterocycles. The molecule has 188 valence electrons. The van der Waals surface area contributed by atoms with Crippen molar-refractivity contribution in [1.29, 1.82) is 0 Å². The lowest BCUT2D eigenvalue weighted by atomic mass is 9.89. The predicted octanol–water partition coefficient (Wildman–Crippen LogP) is 5.71. The topological polar surface area (TPSA) is 76.1 Å². The van der Waals surface area contributed by atoms with Crippen LogP contribution in [0.5, 0.6) is 5.75 Å². The van der Waals surface area contributed by atoms with Crippen molar-refractivity contribution in [2.24, 2.45) is 0 Å². The quantitative estimate of drug-likeness (QED) is 0.436. The number of carboxylic acid groups (broad SMARTS) is 1. The van der Waals surface area contributed by atoms with E-state index < -0.39 is 36.4 Å². The molecule has 0 saturated carbocycles. The van der Waals surface area contributed by atoms with Gasteiger partial charge in [0.05, 0.1) is 6.42 Å². The summed E-state index contributed by atoms with van der Waals surface area (Å²) < 4.78 is 63.5. The van der Waals surface area contributed by atoms with Gasteiger partial charge in [-0.1, -0.05) is 42.5 Å². The van der Waals surface area contributed by atoms with Gasteiger partial charge in [-0.05, 0) is 52.4 Å². The summed E-state index contributed by atoms with van der Waals surface area (Å²) >= 11 is 0. The Hall–Kier alpha value is -4.08. The molecular formula is C26H21F4NO5. The molecule has 36 heavy (non-hydrogen) atoms. The van der Waals surface area contributed by atoms with E-state index in [9.17, 15) is 27.2 Å². The number of carbonyl (C=O) groups is 2. The Morgan fingerprint density at radius 3 is 2.39 bits per heavy atom. The van der Waals surface area contributed by atoms with Gasteiger partial charge in [0.25, 0.3) is 0 Å². The monoisotopic (exact) mass is 503 g/mol. The third-order valence-electron chi connectivity index (χ3n) is 5.73. The molecule has 0 aromatic heterocycles. The Morgan fingerprint density at radius 1 is 0.944 bits per heavy atom. The Kier molecular flexibility index (Phi) is 7.14. The number of carboxylic acids is 1. The molecule has 0 bridgehead atoms. The van der Waals surface area contributed by atoms with E-state index in [0.29, 0.717) is 5.56 Å². The summed E-state index contributed by atoms with van der Waals surface area (Å²) in [4.78, 5) is 25.2. The van der Waals surface area contributed by atoms with Gasteiger partial charge in [0, 0.05) is 18.7 Å². The molecular weight excluding hydrogens is 482 g/mol. The molecule has 10 heteroatoms. The summed E-state index contributed by atoms with van der Waals surface area (Å²) in [6.07, 6.45) is -5.96. The fourth-order valence-corrected chi connectivity index (χ4v) is 4.14. The molecule has 1 heterocycles. The van der Waals surface area contributed by atoms with Crippen molar-refractivity contribution in [2.75, 3.05) is 6.54 Å². The second-order valence-electron chi connectivity index (χ2n) is 8.21. The Balaban J connectivity index is 1.68. The van der Waals surface area contributed by atoms with Crippen LogP contribution in [0.4, 0.5) is 22.4 Å². The molecule has 0 unspecified atom stereocenters. The van der Waals surface area contributed by atoms with E-state index in [4.69, 9.17) is 9.84 Å². The van der Waals surface area contributed by atoms with Gasteiger partial charge in [-0.2, -0.15) is 0 Å². The molecule has 6 nitrogen and oxygen atoms in total. The fraction of sp³-hybridized carbons (Fsp3) is 0.231. The molecule has 0 aliphatic carbocycles. The molecule has 3 aromatic rings. The van der Waals surface area contributed by atoms with Crippen LogP contribution in [-0.2, 0) is 35.5 Å². The highest BCUT2D eigenvalue weighted by Gasteiger charge is 2.33. The van der Waals surface area contributed by atoms with Gasteiger partial charge in [0.2, 0.25) is 0 Å².